The quantitative estimate of drug-likeness (QED) is 0.217. The molecule has 1 heterocycles. The van der Waals surface area contributed by atoms with Crippen molar-refractivity contribution in [2.24, 2.45) is 0 Å². The minimum atomic E-state index is -1.61. The Labute approximate surface area is 250 Å². The van der Waals surface area contributed by atoms with Gasteiger partial charge in [0.1, 0.15) is 24.2 Å². The Morgan fingerprint density at radius 2 is 1.61 bits per heavy atom. The summed E-state index contributed by atoms with van der Waals surface area (Å²) in [5.74, 6) is -1.64. The number of ether oxygens (including phenoxy) is 2. The summed E-state index contributed by atoms with van der Waals surface area (Å²) in [6, 6.07) is 12.3. The molecule has 1 aliphatic heterocycles. The molecule has 0 spiro atoms. The zero-order valence-corrected chi connectivity index (χ0v) is 25.1. The zero-order valence-electron chi connectivity index (χ0n) is 23.5. The van der Waals surface area contributed by atoms with Gasteiger partial charge in [-0.15, -0.1) is 0 Å². The van der Waals surface area contributed by atoms with Crippen molar-refractivity contribution in [1.82, 2.24) is 10.2 Å². The SMILES string of the molecule is CC1=C(C(=O)O)C(C)(c2cc(Cl)cc(Cl)c2OCCCCNCC(O)COc2ccccc2)C(C(=O)O)=C(C)N1C. The van der Waals surface area contributed by atoms with E-state index in [1.54, 1.807) is 32.7 Å². The summed E-state index contributed by atoms with van der Waals surface area (Å²) in [5, 5.41) is 34.1. The van der Waals surface area contributed by atoms with Crippen molar-refractivity contribution >= 4 is 35.1 Å². The monoisotopic (exact) mass is 606 g/mol. The number of aliphatic carboxylic acids is 2. The Morgan fingerprint density at radius 1 is 1.00 bits per heavy atom. The van der Waals surface area contributed by atoms with E-state index in [1.165, 1.54) is 12.1 Å². The molecular weight excluding hydrogens is 571 g/mol. The number of para-hydroxylation sites is 1. The van der Waals surface area contributed by atoms with E-state index in [9.17, 15) is 24.9 Å². The van der Waals surface area contributed by atoms with Crippen molar-refractivity contribution in [3.05, 3.63) is 80.6 Å². The summed E-state index contributed by atoms with van der Waals surface area (Å²) in [7, 11) is 1.63. The van der Waals surface area contributed by atoms with Crippen molar-refractivity contribution in [2.45, 2.75) is 45.1 Å². The molecule has 0 bridgehead atoms. The lowest BCUT2D eigenvalue weighted by Gasteiger charge is -2.42. The van der Waals surface area contributed by atoms with Gasteiger partial charge in [-0.05, 0) is 64.4 Å². The molecule has 222 valence electrons. The van der Waals surface area contributed by atoms with Crippen LogP contribution in [0.5, 0.6) is 11.5 Å². The third-order valence-corrected chi connectivity index (χ3v) is 7.76. The molecule has 1 aliphatic rings. The van der Waals surface area contributed by atoms with Crippen LogP contribution < -0.4 is 14.8 Å². The molecule has 2 aromatic rings. The van der Waals surface area contributed by atoms with Crippen LogP contribution >= 0.6 is 23.2 Å². The highest BCUT2D eigenvalue weighted by atomic mass is 35.5. The fourth-order valence-corrected chi connectivity index (χ4v) is 5.63. The fraction of sp³-hybridized carbons (Fsp3) is 0.400. The molecule has 0 aliphatic carbocycles. The standard InChI is InChI=1S/C30H36Cl2N2O7/c1-18-25(28(36)37)30(3,26(29(38)39)19(2)34(18)4)23-14-20(31)15-24(32)27(23)40-13-9-8-12-33-16-21(35)17-41-22-10-6-5-7-11-22/h5-7,10-11,14-15,21,33,35H,8-9,12-13,16-17H2,1-4H3,(H,36,37)(H,38,39). The second-order valence-corrected chi connectivity index (χ2v) is 10.9. The highest BCUT2D eigenvalue weighted by Gasteiger charge is 2.50. The predicted molar refractivity (Wildman–Crippen MR) is 158 cm³/mol. The maximum absolute atomic E-state index is 12.5. The van der Waals surface area contributed by atoms with Gasteiger partial charge in [0, 0.05) is 35.6 Å². The van der Waals surface area contributed by atoms with Crippen LogP contribution in [0.3, 0.4) is 0 Å². The van der Waals surface area contributed by atoms with Crippen molar-refractivity contribution in [1.29, 1.82) is 0 Å². The van der Waals surface area contributed by atoms with E-state index in [0.29, 0.717) is 43.1 Å². The van der Waals surface area contributed by atoms with Gasteiger partial charge in [0.15, 0.2) is 0 Å². The number of nitrogens with one attached hydrogen (secondary N) is 1. The third kappa shape index (κ3) is 7.35. The molecule has 0 saturated heterocycles. The smallest absolute Gasteiger partial charge is 0.334 e. The van der Waals surface area contributed by atoms with E-state index in [1.807, 2.05) is 30.3 Å². The summed E-state index contributed by atoms with van der Waals surface area (Å²) in [6.45, 7) is 6.20. The summed E-state index contributed by atoms with van der Waals surface area (Å²) >= 11 is 12.9. The maximum atomic E-state index is 12.5. The van der Waals surface area contributed by atoms with Crippen molar-refractivity contribution in [3.8, 4) is 11.5 Å². The first-order valence-corrected chi connectivity index (χ1v) is 14.0. The number of unbranched alkanes of at least 4 members (excludes halogenated alkanes) is 1. The Kier molecular flexibility index (Phi) is 11.1. The Balaban J connectivity index is 1.70. The highest BCUT2D eigenvalue weighted by molar-refractivity contribution is 6.35. The molecule has 0 amide bonds. The lowest BCUT2D eigenvalue weighted by Crippen LogP contribution is -2.43. The lowest BCUT2D eigenvalue weighted by atomic mass is 9.66. The summed E-state index contributed by atoms with van der Waals surface area (Å²) in [6.07, 6.45) is 0.660. The van der Waals surface area contributed by atoms with Crippen LogP contribution in [-0.2, 0) is 15.0 Å². The molecular formula is C30H36Cl2N2O7. The summed E-state index contributed by atoms with van der Waals surface area (Å²) in [4.78, 5) is 26.6. The third-order valence-electron chi connectivity index (χ3n) is 7.26. The van der Waals surface area contributed by atoms with Crippen LogP contribution in [0.4, 0.5) is 0 Å². The number of carboxylic acid groups (broad SMARTS) is 2. The van der Waals surface area contributed by atoms with Crippen LogP contribution in [0.1, 0.15) is 39.2 Å². The average molecular weight is 608 g/mol. The Hall–Kier alpha value is -3.24. The minimum absolute atomic E-state index is 0.106. The van der Waals surface area contributed by atoms with Crippen molar-refractivity contribution < 1.29 is 34.4 Å². The van der Waals surface area contributed by atoms with E-state index in [-0.39, 0.29) is 45.7 Å². The number of carboxylic acids is 2. The first kappa shape index (κ1) is 32.3. The van der Waals surface area contributed by atoms with Crippen LogP contribution in [-0.4, -0.2) is 71.6 Å². The molecule has 9 nitrogen and oxygen atoms in total. The van der Waals surface area contributed by atoms with Crippen LogP contribution in [0.2, 0.25) is 10.0 Å². The van der Waals surface area contributed by atoms with Gasteiger partial charge < -0.3 is 35.0 Å². The van der Waals surface area contributed by atoms with Gasteiger partial charge in [-0.3, -0.25) is 0 Å². The van der Waals surface area contributed by atoms with E-state index in [2.05, 4.69) is 5.32 Å². The molecule has 11 heteroatoms. The number of allylic oxidation sites excluding steroid dienone is 2. The number of aliphatic hydroxyl groups is 1. The molecule has 2 aromatic carbocycles. The van der Waals surface area contributed by atoms with Crippen LogP contribution in [0.15, 0.2) is 65.0 Å². The Morgan fingerprint density at radius 3 is 2.20 bits per heavy atom. The van der Waals surface area contributed by atoms with Gasteiger partial charge in [0.05, 0.1) is 28.2 Å². The topological polar surface area (TPSA) is 129 Å². The molecule has 1 atom stereocenters. The normalized spacial score (nSPS) is 15.6. The number of halogens is 2. The number of nitrogens with zero attached hydrogens (tertiary/aromatic N) is 1. The van der Waals surface area contributed by atoms with E-state index in [0.717, 1.165) is 0 Å². The van der Waals surface area contributed by atoms with Gasteiger partial charge in [-0.25, -0.2) is 9.59 Å². The predicted octanol–water partition coefficient (Wildman–Crippen LogP) is 5.10. The minimum Gasteiger partial charge on any atom is -0.492 e. The van der Waals surface area contributed by atoms with Crippen LogP contribution in [0, 0.1) is 0 Å². The Bertz CT molecular complexity index is 1290. The molecule has 0 saturated carbocycles. The van der Waals surface area contributed by atoms with E-state index >= 15 is 0 Å². The average Bonchev–Trinajstić information content (AvgIpc) is 2.91. The number of hydrogen-bond acceptors (Lipinski definition) is 7. The lowest BCUT2D eigenvalue weighted by molar-refractivity contribution is -0.134. The van der Waals surface area contributed by atoms with Gasteiger partial charge in [0.2, 0.25) is 0 Å². The summed E-state index contributed by atoms with van der Waals surface area (Å²) in [5.41, 5.74) is -0.771. The second-order valence-electron chi connectivity index (χ2n) is 10.0. The number of benzene rings is 2. The first-order chi connectivity index (χ1) is 19.4. The van der Waals surface area contributed by atoms with E-state index in [4.69, 9.17) is 32.7 Å². The molecule has 0 fully saturated rings. The molecule has 1 unspecified atom stereocenters. The second kappa shape index (κ2) is 14.1. The summed E-state index contributed by atoms with van der Waals surface area (Å²) < 4.78 is 11.6. The number of aliphatic hydroxyl groups excluding tert-OH is 1. The van der Waals surface area contributed by atoms with Gasteiger partial charge in [-0.1, -0.05) is 41.4 Å². The first-order valence-electron chi connectivity index (χ1n) is 13.2. The largest absolute Gasteiger partial charge is 0.492 e. The fourth-order valence-electron chi connectivity index (χ4n) is 5.08. The molecule has 4 N–H and O–H groups in total. The molecule has 0 aromatic heterocycles. The highest BCUT2D eigenvalue weighted by Crippen LogP contribution is 2.51. The number of carbonyl (C=O) groups is 2. The molecule has 0 radical (unpaired) electrons. The molecule has 3 rings (SSSR count). The van der Waals surface area contributed by atoms with Crippen molar-refractivity contribution in [3.63, 3.8) is 0 Å². The van der Waals surface area contributed by atoms with Gasteiger partial charge in [0.25, 0.3) is 0 Å². The zero-order chi connectivity index (χ0) is 30.3. The van der Waals surface area contributed by atoms with E-state index < -0.39 is 23.5 Å². The van der Waals surface area contributed by atoms with Gasteiger partial charge in [-0.2, -0.15) is 0 Å². The van der Waals surface area contributed by atoms with Crippen molar-refractivity contribution in [2.75, 3.05) is 33.4 Å². The molecule has 41 heavy (non-hydrogen) atoms. The maximum Gasteiger partial charge on any atom is 0.334 e. The number of rotatable bonds is 14. The number of hydrogen-bond donors (Lipinski definition) is 4. The van der Waals surface area contributed by atoms with Gasteiger partial charge >= 0.3 is 11.9 Å². The van der Waals surface area contributed by atoms with Crippen LogP contribution in [0.25, 0.3) is 0 Å².